The van der Waals surface area contributed by atoms with Gasteiger partial charge in [0.25, 0.3) is 11.7 Å². The third-order valence-corrected chi connectivity index (χ3v) is 6.38. The first-order valence-corrected chi connectivity index (χ1v) is 11.5. The quantitative estimate of drug-likeness (QED) is 0.265. The van der Waals surface area contributed by atoms with Crippen LogP contribution in [-0.4, -0.2) is 38.1 Å². The molecule has 0 saturated carbocycles. The molecule has 0 bridgehead atoms. The number of ketones is 1. The topological polar surface area (TPSA) is 85.3 Å². The molecule has 1 heterocycles. The number of aliphatic hydroxyl groups excluding tert-OH is 1. The molecule has 1 fully saturated rings. The lowest BCUT2D eigenvalue weighted by Gasteiger charge is -2.26. The fraction of sp³-hybridized carbons (Fsp3) is 0.214. The van der Waals surface area contributed by atoms with Crippen molar-refractivity contribution in [3.05, 3.63) is 87.4 Å². The summed E-state index contributed by atoms with van der Waals surface area (Å²) in [6.45, 7) is 3.83. The van der Waals surface area contributed by atoms with E-state index in [4.69, 9.17) is 25.8 Å². The van der Waals surface area contributed by atoms with Gasteiger partial charge in [0.15, 0.2) is 0 Å². The molecule has 1 saturated heterocycles. The van der Waals surface area contributed by atoms with Gasteiger partial charge in [-0.3, -0.25) is 14.5 Å². The summed E-state index contributed by atoms with van der Waals surface area (Å²) in [7, 11) is 4.43. The molecule has 4 rings (SSSR count). The molecule has 8 heteroatoms. The fourth-order valence-electron chi connectivity index (χ4n) is 4.48. The summed E-state index contributed by atoms with van der Waals surface area (Å²) in [5.41, 5.74) is 3.13. The van der Waals surface area contributed by atoms with Gasteiger partial charge in [0.1, 0.15) is 23.0 Å². The Hall–Kier alpha value is -3.97. The Morgan fingerprint density at radius 1 is 0.861 bits per heavy atom. The number of benzene rings is 3. The molecule has 1 amide bonds. The van der Waals surface area contributed by atoms with Crippen LogP contribution in [0.4, 0.5) is 5.69 Å². The van der Waals surface area contributed by atoms with Gasteiger partial charge in [0.05, 0.1) is 43.5 Å². The second-order valence-electron chi connectivity index (χ2n) is 8.48. The minimum absolute atomic E-state index is 0.0798. The van der Waals surface area contributed by atoms with Crippen LogP contribution in [0, 0.1) is 13.8 Å². The molecule has 1 aliphatic heterocycles. The maximum absolute atomic E-state index is 13.5. The number of anilines is 1. The summed E-state index contributed by atoms with van der Waals surface area (Å²) in [5.74, 6) is -0.775. The first kappa shape index (κ1) is 25.1. The predicted octanol–water partition coefficient (Wildman–Crippen LogP) is 5.61. The van der Waals surface area contributed by atoms with E-state index in [1.54, 1.807) is 31.4 Å². The maximum atomic E-state index is 13.5. The Morgan fingerprint density at radius 3 is 2.03 bits per heavy atom. The van der Waals surface area contributed by atoms with Crippen LogP contribution in [0.1, 0.15) is 28.3 Å². The smallest absolute Gasteiger partial charge is 0.300 e. The van der Waals surface area contributed by atoms with Crippen molar-refractivity contribution in [1.82, 2.24) is 0 Å². The van der Waals surface area contributed by atoms with Gasteiger partial charge in [-0.05, 0) is 60.9 Å². The molecule has 0 spiro atoms. The minimum atomic E-state index is -0.900. The van der Waals surface area contributed by atoms with Crippen molar-refractivity contribution in [2.45, 2.75) is 19.9 Å². The number of methoxy groups -OCH3 is 3. The van der Waals surface area contributed by atoms with E-state index in [0.717, 1.165) is 11.1 Å². The van der Waals surface area contributed by atoms with E-state index >= 15 is 0 Å². The Kier molecular flexibility index (Phi) is 6.95. The van der Waals surface area contributed by atoms with Crippen molar-refractivity contribution in [3.8, 4) is 17.2 Å². The first-order valence-electron chi connectivity index (χ1n) is 11.1. The SMILES string of the molecule is COc1ccc(C2/C(=C(\O)c3cc(Cl)c(OC)cc3OC)C(=O)C(=O)N2c2cc(C)cc(C)c2)cc1. The van der Waals surface area contributed by atoms with Crippen LogP contribution < -0.4 is 19.1 Å². The average Bonchev–Trinajstić information content (AvgIpc) is 3.13. The van der Waals surface area contributed by atoms with Crippen LogP contribution in [0.25, 0.3) is 5.76 Å². The molecular weight excluding hydrogens is 482 g/mol. The molecule has 0 aliphatic carbocycles. The summed E-state index contributed by atoms with van der Waals surface area (Å²) in [5, 5.41) is 11.7. The van der Waals surface area contributed by atoms with E-state index in [0.29, 0.717) is 22.7 Å². The number of Topliss-reactive ketones (excluding diaryl/α,β-unsaturated/α-hetero) is 1. The molecule has 186 valence electrons. The van der Waals surface area contributed by atoms with Crippen molar-refractivity contribution in [2.24, 2.45) is 0 Å². The molecule has 0 radical (unpaired) electrons. The van der Waals surface area contributed by atoms with Crippen LogP contribution in [0.5, 0.6) is 17.2 Å². The van der Waals surface area contributed by atoms with Crippen LogP contribution in [0.3, 0.4) is 0 Å². The van der Waals surface area contributed by atoms with Gasteiger partial charge in [0, 0.05) is 11.8 Å². The van der Waals surface area contributed by atoms with Gasteiger partial charge in [0.2, 0.25) is 0 Å². The number of aryl methyl sites for hydroxylation is 2. The summed E-state index contributed by atoms with van der Waals surface area (Å²) < 4.78 is 16.0. The predicted molar refractivity (Wildman–Crippen MR) is 138 cm³/mol. The Bertz CT molecular complexity index is 1360. The molecule has 3 aromatic carbocycles. The summed E-state index contributed by atoms with van der Waals surface area (Å²) in [6.07, 6.45) is 0. The highest BCUT2D eigenvalue weighted by Crippen LogP contribution is 2.45. The summed E-state index contributed by atoms with van der Waals surface area (Å²) in [6, 6.07) is 14.7. The van der Waals surface area contributed by atoms with Gasteiger partial charge in [-0.25, -0.2) is 0 Å². The lowest BCUT2D eigenvalue weighted by molar-refractivity contribution is -0.132. The number of hydrogen-bond acceptors (Lipinski definition) is 6. The van der Waals surface area contributed by atoms with Crippen molar-refractivity contribution in [2.75, 3.05) is 26.2 Å². The van der Waals surface area contributed by atoms with E-state index in [-0.39, 0.29) is 21.9 Å². The van der Waals surface area contributed by atoms with Gasteiger partial charge < -0.3 is 19.3 Å². The number of ether oxygens (including phenoxy) is 3. The second-order valence-corrected chi connectivity index (χ2v) is 8.88. The Morgan fingerprint density at radius 2 is 1.47 bits per heavy atom. The number of rotatable bonds is 6. The number of hydrogen-bond donors (Lipinski definition) is 1. The van der Waals surface area contributed by atoms with Crippen LogP contribution in [0.2, 0.25) is 5.02 Å². The van der Waals surface area contributed by atoms with E-state index in [9.17, 15) is 14.7 Å². The monoisotopic (exact) mass is 507 g/mol. The van der Waals surface area contributed by atoms with Crippen LogP contribution in [-0.2, 0) is 9.59 Å². The van der Waals surface area contributed by atoms with Crippen molar-refractivity contribution in [3.63, 3.8) is 0 Å². The van der Waals surface area contributed by atoms with E-state index in [1.165, 1.54) is 31.3 Å². The van der Waals surface area contributed by atoms with E-state index < -0.39 is 23.5 Å². The molecule has 7 nitrogen and oxygen atoms in total. The van der Waals surface area contributed by atoms with Gasteiger partial charge in [-0.15, -0.1) is 0 Å². The number of carbonyl (C=O) groups is 2. The van der Waals surface area contributed by atoms with Crippen molar-refractivity contribution >= 4 is 34.7 Å². The van der Waals surface area contributed by atoms with Gasteiger partial charge in [-0.1, -0.05) is 29.8 Å². The molecule has 1 aliphatic rings. The Balaban J connectivity index is 2.00. The zero-order valence-corrected chi connectivity index (χ0v) is 21.3. The highest BCUT2D eigenvalue weighted by atomic mass is 35.5. The lowest BCUT2D eigenvalue weighted by Crippen LogP contribution is -2.29. The molecule has 36 heavy (non-hydrogen) atoms. The lowest BCUT2D eigenvalue weighted by atomic mass is 9.94. The Labute approximate surface area is 214 Å². The minimum Gasteiger partial charge on any atom is -0.507 e. The standard InChI is InChI=1S/C28H26ClNO6/c1-15-10-16(2)12-18(11-15)30-25(17-6-8-19(34-3)9-7-17)24(27(32)28(30)33)26(31)20-13-21(29)23(36-5)14-22(20)35-4/h6-14,25,31H,1-5H3/b26-24+. The van der Waals surface area contributed by atoms with Crippen LogP contribution >= 0.6 is 11.6 Å². The number of halogens is 1. The molecule has 1 N–H and O–H groups in total. The summed E-state index contributed by atoms with van der Waals surface area (Å²) in [4.78, 5) is 28.3. The highest BCUT2D eigenvalue weighted by molar-refractivity contribution is 6.51. The highest BCUT2D eigenvalue weighted by Gasteiger charge is 2.47. The number of carbonyl (C=O) groups excluding carboxylic acids is 2. The summed E-state index contributed by atoms with van der Waals surface area (Å²) >= 11 is 6.33. The van der Waals surface area contributed by atoms with Crippen LogP contribution in [0.15, 0.2) is 60.2 Å². The normalized spacial score (nSPS) is 16.8. The van der Waals surface area contributed by atoms with Gasteiger partial charge >= 0.3 is 0 Å². The fourth-order valence-corrected chi connectivity index (χ4v) is 4.72. The van der Waals surface area contributed by atoms with Crippen molar-refractivity contribution < 1.29 is 28.9 Å². The third kappa shape index (κ3) is 4.38. The average molecular weight is 508 g/mol. The first-order chi connectivity index (χ1) is 17.2. The molecule has 0 aromatic heterocycles. The largest absolute Gasteiger partial charge is 0.507 e. The van der Waals surface area contributed by atoms with Crippen molar-refractivity contribution in [1.29, 1.82) is 0 Å². The maximum Gasteiger partial charge on any atom is 0.300 e. The molecular formula is C28H26ClNO6. The zero-order chi connectivity index (χ0) is 26.1. The number of nitrogens with zero attached hydrogens (tertiary/aromatic N) is 1. The zero-order valence-electron chi connectivity index (χ0n) is 20.6. The van der Waals surface area contributed by atoms with Gasteiger partial charge in [-0.2, -0.15) is 0 Å². The number of amides is 1. The molecule has 3 aromatic rings. The van der Waals surface area contributed by atoms with E-state index in [2.05, 4.69) is 0 Å². The molecule has 1 atom stereocenters. The second kappa shape index (κ2) is 9.95. The number of aliphatic hydroxyl groups is 1. The third-order valence-electron chi connectivity index (χ3n) is 6.09. The van der Waals surface area contributed by atoms with E-state index in [1.807, 2.05) is 32.0 Å². The molecule has 1 unspecified atom stereocenters.